The van der Waals surface area contributed by atoms with Crippen molar-refractivity contribution < 1.29 is 14.3 Å². The highest BCUT2D eigenvalue weighted by Gasteiger charge is 2.30. The van der Waals surface area contributed by atoms with Crippen LogP contribution in [0.2, 0.25) is 0 Å². The third-order valence-electron chi connectivity index (χ3n) is 5.58. The van der Waals surface area contributed by atoms with E-state index in [1.807, 2.05) is 43.3 Å². The van der Waals surface area contributed by atoms with Crippen molar-refractivity contribution >= 4 is 5.78 Å². The maximum atomic E-state index is 12.9. The Balaban J connectivity index is 1.57. The van der Waals surface area contributed by atoms with Crippen LogP contribution >= 0.6 is 0 Å². The van der Waals surface area contributed by atoms with Gasteiger partial charge in [0, 0.05) is 22.7 Å². The van der Waals surface area contributed by atoms with E-state index in [1.54, 1.807) is 0 Å². The van der Waals surface area contributed by atoms with Gasteiger partial charge in [-0.15, -0.1) is 0 Å². The van der Waals surface area contributed by atoms with E-state index in [1.165, 1.54) is 19.3 Å². The molecule has 142 valence electrons. The van der Waals surface area contributed by atoms with E-state index in [0.29, 0.717) is 24.8 Å². The molecule has 27 heavy (non-hydrogen) atoms. The second kappa shape index (κ2) is 7.73. The van der Waals surface area contributed by atoms with E-state index >= 15 is 0 Å². The fraction of sp³-hybridized carbons (Fsp3) is 0.435. The van der Waals surface area contributed by atoms with Crippen molar-refractivity contribution in [2.75, 3.05) is 26.3 Å². The molecule has 1 aliphatic heterocycles. The second-order valence-corrected chi connectivity index (χ2v) is 7.40. The van der Waals surface area contributed by atoms with Crippen molar-refractivity contribution in [1.82, 2.24) is 4.90 Å². The van der Waals surface area contributed by atoms with Crippen LogP contribution in [0.3, 0.4) is 0 Å². The molecule has 0 amide bonds. The van der Waals surface area contributed by atoms with Gasteiger partial charge in [0.15, 0.2) is 5.78 Å². The summed E-state index contributed by atoms with van der Waals surface area (Å²) in [5.41, 5.74) is 3.30. The Kier molecular flexibility index (Phi) is 5.17. The van der Waals surface area contributed by atoms with Gasteiger partial charge in [0.2, 0.25) is 0 Å². The summed E-state index contributed by atoms with van der Waals surface area (Å²) in [6.07, 6.45) is 3.88. The van der Waals surface area contributed by atoms with Gasteiger partial charge in [-0.2, -0.15) is 0 Å². The van der Waals surface area contributed by atoms with E-state index in [9.17, 15) is 4.79 Å². The summed E-state index contributed by atoms with van der Waals surface area (Å²) in [6, 6.07) is 11.9. The number of fused-ring (bicyclic) bond motifs is 3. The normalized spacial score (nSPS) is 17.3. The predicted octanol–water partition coefficient (Wildman–Crippen LogP) is 4.55. The SMILES string of the molecule is CCOc1ccc2c(c1)C(=O)c1cccc(OCC(C)N3CCCCC3)c1-2. The van der Waals surface area contributed by atoms with E-state index in [4.69, 9.17) is 9.47 Å². The minimum Gasteiger partial charge on any atom is -0.494 e. The molecule has 1 aliphatic carbocycles. The molecule has 2 aromatic carbocycles. The van der Waals surface area contributed by atoms with Crippen LogP contribution in [0.25, 0.3) is 11.1 Å². The molecule has 0 spiro atoms. The number of carbonyl (C=O) groups is 1. The van der Waals surface area contributed by atoms with Crippen LogP contribution in [0.15, 0.2) is 36.4 Å². The number of likely N-dealkylation sites (tertiary alicyclic amines) is 1. The van der Waals surface area contributed by atoms with Crippen molar-refractivity contribution in [3.63, 3.8) is 0 Å². The maximum absolute atomic E-state index is 12.9. The number of ether oxygens (including phenoxy) is 2. The van der Waals surface area contributed by atoms with Crippen molar-refractivity contribution in [2.45, 2.75) is 39.2 Å². The highest BCUT2D eigenvalue weighted by Crippen LogP contribution is 2.43. The zero-order valence-corrected chi connectivity index (χ0v) is 16.2. The number of rotatable bonds is 6. The summed E-state index contributed by atoms with van der Waals surface area (Å²) in [7, 11) is 0. The Labute approximate surface area is 161 Å². The molecule has 2 aromatic rings. The Bertz CT molecular complexity index is 840. The molecule has 1 heterocycles. The van der Waals surface area contributed by atoms with Crippen molar-refractivity contribution in [3.8, 4) is 22.6 Å². The van der Waals surface area contributed by atoms with Crippen LogP contribution in [-0.2, 0) is 0 Å². The first kappa shape index (κ1) is 18.1. The molecule has 0 saturated carbocycles. The third-order valence-corrected chi connectivity index (χ3v) is 5.58. The standard InChI is InChI=1S/C23H27NO3/c1-3-26-17-10-11-18-20(14-17)23(25)19-8-7-9-21(22(18)19)27-15-16(2)24-12-5-4-6-13-24/h7-11,14,16H,3-6,12-13,15H2,1-2H3. The highest BCUT2D eigenvalue weighted by molar-refractivity contribution is 6.22. The van der Waals surface area contributed by atoms with Gasteiger partial charge in [0.25, 0.3) is 0 Å². The lowest BCUT2D eigenvalue weighted by molar-refractivity contribution is 0.104. The van der Waals surface area contributed by atoms with Crippen LogP contribution in [0.1, 0.15) is 49.0 Å². The lowest BCUT2D eigenvalue weighted by Gasteiger charge is -2.32. The van der Waals surface area contributed by atoms with Gasteiger partial charge in [0.05, 0.1) is 6.61 Å². The highest BCUT2D eigenvalue weighted by atomic mass is 16.5. The van der Waals surface area contributed by atoms with E-state index in [-0.39, 0.29) is 5.78 Å². The monoisotopic (exact) mass is 365 g/mol. The van der Waals surface area contributed by atoms with E-state index < -0.39 is 0 Å². The van der Waals surface area contributed by atoms with Crippen molar-refractivity contribution in [1.29, 1.82) is 0 Å². The minimum atomic E-state index is 0.0519. The Morgan fingerprint density at radius 1 is 1.00 bits per heavy atom. The molecule has 0 bridgehead atoms. The van der Waals surface area contributed by atoms with Gasteiger partial charge in [0.1, 0.15) is 18.1 Å². The molecule has 4 heteroatoms. The first-order chi connectivity index (χ1) is 13.2. The molecule has 1 fully saturated rings. The molecular formula is C23H27NO3. The first-order valence-corrected chi connectivity index (χ1v) is 10.0. The minimum absolute atomic E-state index is 0.0519. The van der Waals surface area contributed by atoms with Crippen LogP contribution < -0.4 is 9.47 Å². The molecule has 0 radical (unpaired) electrons. The Morgan fingerprint density at radius 2 is 1.81 bits per heavy atom. The van der Waals surface area contributed by atoms with Gasteiger partial charge in [-0.25, -0.2) is 0 Å². The van der Waals surface area contributed by atoms with Crippen molar-refractivity contribution in [3.05, 3.63) is 47.5 Å². The number of piperidine rings is 1. The zero-order valence-electron chi connectivity index (χ0n) is 16.2. The van der Waals surface area contributed by atoms with Crippen LogP contribution in [-0.4, -0.2) is 43.0 Å². The van der Waals surface area contributed by atoms with E-state index in [0.717, 1.165) is 41.3 Å². The first-order valence-electron chi connectivity index (χ1n) is 10.0. The lowest BCUT2D eigenvalue weighted by Crippen LogP contribution is -2.40. The summed E-state index contributed by atoms with van der Waals surface area (Å²) in [6.45, 7) is 7.69. The quantitative estimate of drug-likeness (QED) is 0.642. The molecular weight excluding hydrogens is 338 g/mol. The van der Waals surface area contributed by atoms with Gasteiger partial charge in [-0.05, 0) is 69.6 Å². The number of nitrogens with zero attached hydrogens (tertiary/aromatic N) is 1. The zero-order chi connectivity index (χ0) is 18.8. The van der Waals surface area contributed by atoms with Crippen LogP contribution in [0.5, 0.6) is 11.5 Å². The molecule has 0 aromatic heterocycles. The molecule has 4 rings (SSSR count). The number of hydrogen-bond donors (Lipinski definition) is 0. The smallest absolute Gasteiger partial charge is 0.194 e. The maximum Gasteiger partial charge on any atom is 0.194 e. The van der Waals surface area contributed by atoms with Crippen LogP contribution in [0.4, 0.5) is 0 Å². The number of carbonyl (C=O) groups excluding carboxylic acids is 1. The molecule has 1 unspecified atom stereocenters. The Hall–Kier alpha value is -2.33. The van der Waals surface area contributed by atoms with Crippen LogP contribution in [0, 0.1) is 0 Å². The lowest BCUT2D eigenvalue weighted by atomic mass is 10.0. The molecule has 1 atom stereocenters. The van der Waals surface area contributed by atoms with Gasteiger partial charge in [-0.3, -0.25) is 9.69 Å². The second-order valence-electron chi connectivity index (χ2n) is 7.40. The summed E-state index contributed by atoms with van der Waals surface area (Å²) in [5.74, 6) is 1.59. The summed E-state index contributed by atoms with van der Waals surface area (Å²) >= 11 is 0. The topological polar surface area (TPSA) is 38.8 Å². The summed E-state index contributed by atoms with van der Waals surface area (Å²) in [4.78, 5) is 15.4. The van der Waals surface area contributed by atoms with E-state index in [2.05, 4.69) is 11.8 Å². The van der Waals surface area contributed by atoms with Gasteiger partial charge in [-0.1, -0.05) is 18.6 Å². The van der Waals surface area contributed by atoms with Gasteiger partial charge >= 0.3 is 0 Å². The molecule has 4 nitrogen and oxygen atoms in total. The largest absolute Gasteiger partial charge is 0.494 e. The molecule has 2 aliphatic rings. The summed E-state index contributed by atoms with van der Waals surface area (Å²) < 4.78 is 11.8. The number of hydrogen-bond acceptors (Lipinski definition) is 4. The average molecular weight is 365 g/mol. The fourth-order valence-corrected chi connectivity index (χ4v) is 4.12. The third kappa shape index (κ3) is 3.46. The summed E-state index contributed by atoms with van der Waals surface area (Å²) in [5, 5.41) is 0. The van der Waals surface area contributed by atoms with Crippen molar-refractivity contribution in [2.24, 2.45) is 0 Å². The predicted molar refractivity (Wildman–Crippen MR) is 107 cm³/mol. The average Bonchev–Trinajstić information content (AvgIpc) is 3.00. The molecule has 0 N–H and O–H groups in total. The van der Waals surface area contributed by atoms with Gasteiger partial charge < -0.3 is 9.47 Å². The fourth-order valence-electron chi connectivity index (χ4n) is 4.12. The number of ketones is 1. The molecule has 1 saturated heterocycles. The Morgan fingerprint density at radius 3 is 2.59 bits per heavy atom. The number of benzene rings is 2.